The van der Waals surface area contributed by atoms with Crippen LogP contribution in [0.25, 0.3) is 0 Å². The summed E-state index contributed by atoms with van der Waals surface area (Å²) in [6.07, 6.45) is 14.2. The average Bonchev–Trinajstić information content (AvgIpc) is 2.58. The Balaban J connectivity index is 2.09. The summed E-state index contributed by atoms with van der Waals surface area (Å²) in [6, 6.07) is 7.98. The molecule has 0 aliphatic heterocycles. The maximum Gasteiger partial charge on any atom is 0.303 e. The van der Waals surface area contributed by atoms with Gasteiger partial charge in [-0.1, -0.05) is 75.4 Å². The highest BCUT2D eigenvalue weighted by atomic mass is 16.5. The summed E-state index contributed by atoms with van der Waals surface area (Å²) in [7, 11) is 0. The van der Waals surface area contributed by atoms with Crippen molar-refractivity contribution in [2.75, 3.05) is 6.61 Å². The van der Waals surface area contributed by atoms with Crippen molar-refractivity contribution in [3.63, 3.8) is 0 Å². The second-order valence-corrected chi connectivity index (χ2v) is 6.26. The number of allylic oxidation sites excluding steroid dienone is 1. The summed E-state index contributed by atoms with van der Waals surface area (Å²) in [5.74, 6) is -0.757. The monoisotopic (exact) mass is 332 g/mol. The zero-order valence-corrected chi connectivity index (χ0v) is 15.0. The molecule has 0 spiro atoms. The Bertz CT molecular complexity index is 480. The predicted octanol–water partition coefficient (Wildman–Crippen LogP) is 5.53. The van der Waals surface area contributed by atoms with Gasteiger partial charge in [0.25, 0.3) is 0 Å². The third kappa shape index (κ3) is 11.0. The Morgan fingerprint density at radius 2 is 1.83 bits per heavy atom. The van der Waals surface area contributed by atoms with Gasteiger partial charge in [-0.15, -0.1) is 0 Å². The number of rotatable bonds is 14. The molecule has 24 heavy (non-hydrogen) atoms. The first kappa shape index (κ1) is 20.4. The normalized spacial score (nSPS) is 11.2. The molecule has 0 aromatic heterocycles. The van der Waals surface area contributed by atoms with Gasteiger partial charge in [-0.05, 0) is 30.4 Å². The van der Waals surface area contributed by atoms with E-state index >= 15 is 0 Å². The van der Waals surface area contributed by atoms with Gasteiger partial charge in [-0.25, -0.2) is 0 Å². The number of hydrogen-bond donors (Lipinski definition) is 1. The quantitative estimate of drug-likeness (QED) is 0.360. The van der Waals surface area contributed by atoms with Crippen molar-refractivity contribution in [1.29, 1.82) is 0 Å². The minimum absolute atomic E-state index is 0.172. The van der Waals surface area contributed by atoms with Gasteiger partial charge in [0.2, 0.25) is 0 Å². The smallest absolute Gasteiger partial charge is 0.303 e. The summed E-state index contributed by atoms with van der Waals surface area (Å²) in [6.45, 7) is 3.45. The number of unbranched alkanes of at least 4 members (excludes halogenated alkanes) is 6. The number of benzene rings is 1. The van der Waals surface area contributed by atoms with Gasteiger partial charge < -0.3 is 9.84 Å². The van der Waals surface area contributed by atoms with Crippen LogP contribution < -0.4 is 0 Å². The number of aliphatic carboxylic acids is 1. The fourth-order valence-electron chi connectivity index (χ4n) is 2.60. The molecule has 0 aliphatic rings. The minimum Gasteiger partial charge on any atom is -0.481 e. The van der Waals surface area contributed by atoms with Crippen molar-refractivity contribution in [3.8, 4) is 0 Å². The molecule has 0 fully saturated rings. The van der Waals surface area contributed by atoms with E-state index in [-0.39, 0.29) is 6.42 Å². The van der Waals surface area contributed by atoms with Crippen LogP contribution in [0.2, 0.25) is 0 Å². The van der Waals surface area contributed by atoms with E-state index < -0.39 is 5.97 Å². The summed E-state index contributed by atoms with van der Waals surface area (Å²) in [5, 5.41) is 8.73. The van der Waals surface area contributed by atoms with Crippen molar-refractivity contribution < 1.29 is 14.6 Å². The lowest BCUT2D eigenvalue weighted by molar-refractivity contribution is -0.136. The zero-order chi connectivity index (χ0) is 17.5. The average molecular weight is 332 g/mol. The van der Waals surface area contributed by atoms with Crippen LogP contribution in [0.4, 0.5) is 0 Å². The molecular weight excluding hydrogens is 300 g/mol. The molecule has 0 saturated carbocycles. The van der Waals surface area contributed by atoms with Crippen LogP contribution in [0.3, 0.4) is 0 Å². The van der Waals surface area contributed by atoms with E-state index in [2.05, 4.69) is 19.1 Å². The van der Waals surface area contributed by atoms with E-state index in [1.807, 2.05) is 24.3 Å². The Morgan fingerprint density at radius 1 is 1.08 bits per heavy atom. The molecule has 3 heteroatoms. The van der Waals surface area contributed by atoms with Crippen LogP contribution in [-0.4, -0.2) is 17.7 Å². The molecule has 0 radical (unpaired) electrons. The lowest BCUT2D eigenvalue weighted by Gasteiger charge is -2.05. The van der Waals surface area contributed by atoms with Crippen LogP contribution in [0, 0.1) is 0 Å². The summed E-state index contributed by atoms with van der Waals surface area (Å²) < 4.78 is 5.66. The fraction of sp³-hybridized carbons (Fsp3) is 0.571. The van der Waals surface area contributed by atoms with Gasteiger partial charge in [-0.2, -0.15) is 0 Å². The predicted molar refractivity (Wildman–Crippen MR) is 99.2 cm³/mol. The largest absolute Gasteiger partial charge is 0.481 e. The van der Waals surface area contributed by atoms with Gasteiger partial charge in [0.15, 0.2) is 0 Å². The van der Waals surface area contributed by atoms with Gasteiger partial charge >= 0.3 is 5.97 Å². The maximum atomic E-state index is 10.6. The molecule has 0 saturated heterocycles. The standard InChI is InChI=1S/C21H32O3/c1-2-3-4-5-6-7-8-9-10-16-24-18-20-13-11-12-19(17-20)14-15-21(22)23/h9-13,17H,2-8,14-16,18H2,1H3,(H,22,23)/b10-9+. The molecule has 0 atom stereocenters. The SMILES string of the molecule is CCCCCCCC/C=C/COCc1cccc(CCC(=O)O)c1. The third-order valence-corrected chi connectivity index (χ3v) is 3.99. The number of hydrogen-bond acceptors (Lipinski definition) is 2. The molecule has 1 rings (SSSR count). The molecule has 3 nitrogen and oxygen atoms in total. The molecule has 0 heterocycles. The Morgan fingerprint density at radius 3 is 2.62 bits per heavy atom. The highest BCUT2D eigenvalue weighted by Crippen LogP contribution is 2.09. The topological polar surface area (TPSA) is 46.5 Å². The third-order valence-electron chi connectivity index (χ3n) is 3.99. The van der Waals surface area contributed by atoms with E-state index in [4.69, 9.17) is 9.84 Å². The van der Waals surface area contributed by atoms with E-state index in [1.165, 1.54) is 38.5 Å². The van der Waals surface area contributed by atoms with Crippen molar-refractivity contribution in [2.45, 2.75) is 71.3 Å². The van der Waals surface area contributed by atoms with Crippen LogP contribution in [0.1, 0.15) is 69.4 Å². The maximum absolute atomic E-state index is 10.6. The summed E-state index contributed by atoms with van der Waals surface area (Å²) in [4.78, 5) is 10.6. The number of carbonyl (C=O) groups is 1. The molecule has 0 bridgehead atoms. The van der Waals surface area contributed by atoms with E-state index in [9.17, 15) is 4.79 Å². The van der Waals surface area contributed by atoms with E-state index in [1.54, 1.807) is 0 Å². The Hall–Kier alpha value is -1.61. The first-order valence-corrected chi connectivity index (χ1v) is 9.24. The Kier molecular flexibility index (Phi) is 11.7. The van der Waals surface area contributed by atoms with Crippen LogP contribution in [0.15, 0.2) is 36.4 Å². The lowest BCUT2D eigenvalue weighted by atomic mass is 10.1. The molecule has 0 aliphatic carbocycles. The van der Waals surface area contributed by atoms with E-state index in [0.717, 1.165) is 17.5 Å². The first-order valence-electron chi connectivity index (χ1n) is 9.24. The molecule has 0 amide bonds. The lowest BCUT2D eigenvalue weighted by Crippen LogP contribution is -1.99. The molecule has 0 unspecified atom stereocenters. The highest BCUT2D eigenvalue weighted by Gasteiger charge is 2.00. The number of carboxylic acids is 1. The second-order valence-electron chi connectivity index (χ2n) is 6.26. The zero-order valence-electron chi connectivity index (χ0n) is 15.0. The van der Waals surface area contributed by atoms with Gasteiger partial charge in [0, 0.05) is 6.42 Å². The molecule has 134 valence electrons. The summed E-state index contributed by atoms with van der Waals surface area (Å²) in [5.41, 5.74) is 2.15. The number of ether oxygens (including phenoxy) is 1. The summed E-state index contributed by atoms with van der Waals surface area (Å²) >= 11 is 0. The first-order chi connectivity index (χ1) is 11.7. The van der Waals surface area contributed by atoms with Crippen molar-refractivity contribution in [1.82, 2.24) is 0 Å². The molecule has 1 aromatic carbocycles. The number of carboxylic acid groups (broad SMARTS) is 1. The molecule has 1 N–H and O–H groups in total. The van der Waals surface area contributed by atoms with Crippen molar-refractivity contribution in [3.05, 3.63) is 47.5 Å². The van der Waals surface area contributed by atoms with Crippen LogP contribution >= 0.6 is 0 Å². The number of aryl methyl sites for hydroxylation is 1. The minimum atomic E-state index is -0.757. The fourth-order valence-corrected chi connectivity index (χ4v) is 2.60. The van der Waals surface area contributed by atoms with Crippen LogP contribution in [-0.2, 0) is 22.6 Å². The molecular formula is C21H32O3. The second kappa shape index (κ2) is 13.8. The van der Waals surface area contributed by atoms with Crippen molar-refractivity contribution in [2.24, 2.45) is 0 Å². The van der Waals surface area contributed by atoms with Gasteiger partial charge in [-0.3, -0.25) is 4.79 Å². The van der Waals surface area contributed by atoms with Crippen molar-refractivity contribution >= 4 is 5.97 Å². The highest BCUT2D eigenvalue weighted by molar-refractivity contribution is 5.67. The van der Waals surface area contributed by atoms with E-state index in [0.29, 0.717) is 19.6 Å². The Labute approximate surface area is 146 Å². The van der Waals surface area contributed by atoms with Crippen LogP contribution in [0.5, 0.6) is 0 Å². The van der Waals surface area contributed by atoms with Gasteiger partial charge in [0.05, 0.1) is 13.2 Å². The molecule has 1 aromatic rings. The van der Waals surface area contributed by atoms with Gasteiger partial charge in [0.1, 0.15) is 0 Å².